The summed E-state index contributed by atoms with van der Waals surface area (Å²) in [6.45, 7) is 0. The van der Waals surface area contributed by atoms with Crippen molar-refractivity contribution in [2.75, 3.05) is 5.73 Å². The number of aliphatic imine (C=N–C) groups is 2. The third kappa shape index (κ3) is 1.96. The van der Waals surface area contributed by atoms with E-state index in [0.29, 0.717) is 17.2 Å². The summed E-state index contributed by atoms with van der Waals surface area (Å²) in [6.07, 6.45) is 5.16. The Morgan fingerprint density at radius 2 is 2.06 bits per heavy atom. The Bertz CT molecular complexity index is 638. The van der Waals surface area contributed by atoms with Crippen molar-refractivity contribution in [2.45, 2.75) is 5.00 Å². The summed E-state index contributed by atoms with van der Waals surface area (Å²) in [6, 6.07) is 7.44. The predicted octanol–water partition coefficient (Wildman–Crippen LogP) is 1.82. The number of nitrogens with two attached hydrogens (primary N) is 2. The van der Waals surface area contributed by atoms with E-state index in [9.17, 15) is 0 Å². The zero-order valence-electron chi connectivity index (χ0n) is 9.47. The number of hydrogen-bond acceptors (Lipinski definition) is 4. The highest BCUT2D eigenvalue weighted by Gasteiger charge is 2.25. The van der Waals surface area contributed by atoms with Crippen LogP contribution in [0.2, 0.25) is 0 Å². The van der Waals surface area contributed by atoms with Gasteiger partial charge in [0.15, 0.2) is 5.84 Å². The lowest BCUT2D eigenvalue weighted by molar-refractivity contribution is 0.917. The van der Waals surface area contributed by atoms with Crippen molar-refractivity contribution in [3.05, 3.63) is 53.8 Å². The summed E-state index contributed by atoms with van der Waals surface area (Å²) in [4.78, 5) is 7.87. The van der Waals surface area contributed by atoms with Gasteiger partial charge in [0, 0.05) is 11.3 Å². The average molecular weight is 259 g/mol. The Morgan fingerprint density at radius 1 is 1.22 bits per heavy atom. The Morgan fingerprint density at radius 3 is 2.83 bits per heavy atom. The lowest BCUT2D eigenvalue weighted by atomic mass is 10.1. The molecule has 3 rings (SSSR count). The lowest BCUT2D eigenvalue weighted by Crippen LogP contribution is -2.30. The summed E-state index contributed by atoms with van der Waals surface area (Å²) in [7, 11) is 0. The molecular formula is C13H11ClN4. The molecule has 0 fully saturated rings. The van der Waals surface area contributed by atoms with E-state index in [1.54, 1.807) is 18.2 Å². The van der Waals surface area contributed by atoms with Gasteiger partial charge in [-0.15, -0.1) is 0 Å². The van der Waals surface area contributed by atoms with Crippen LogP contribution in [0, 0.1) is 0 Å². The molecule has 4 N–H and O–H groups in total. The molecule has 1 heterocycles. The number of nitrogens with zero attached hydrogens (tertiary/aromatic N) is 2. The van der Waals surface area contributed by atoms with Gasteiger partial charge in [0.2, 0.25) is 0 Å². The number of nitrogen functional groups attached to an aromatic ring is 1. The van der Waals surface area contributed by atoms with Crippen LogP contribution in [-0.2, 0) is 0 Å². The van der Waals surface area contributed by atoms with Gasteiger partial charge < -0.3 is 11.5 Å². The maximum atomic E-state index is 6.03. The highest BCUT2D eigenvalue weighted by molar-refractivity contribution is 6.30. The topological polar surface area (TPSA) is 76.8 Å². The molecule has 0 amide bonds. The molecule has 1 aromatic carbocycles. The summed E-state index contributed by atoms with van der Waals surface area (Å²) in [5.74, 6) is 0.627. The molecule has 0 radical (unpaired) electrons. The smallest absolute Gasteiger partial charge is 0.160 e. The van der Waals surface area contributed by atoms with E-state index < -0.39 is 5.00 Å². The largest absolute Gasteiger partial charge is 0.399 e. The van der Waals surface area contributed by atoms with E-state index in [2.05, 4.69) is 9.98 Å². The molecule has 0 spiro atoms. The van der Waals surface area contributed by atoms with Crippen molar-refractivity contribution >= 4 is 28.8 Å². The van der Waals surface area contributed by atoms with E-state index in [-0.39, 0.29) is 0 Å². The number of benzene rings is 1. The monoisotopic (exact) mass is 258 g/mol. The highest BCUT2D eigenvalue weighted by atomic mass is 35.5. The quantitative estimate of drug-likeness (QED) is 0.458. The van der Waals surface area contributed by atoms with Crippen LogP contribution in [-0.4, -0.2) is 16.5 Å². The van der Waals surface area contributed by atoms with E-state index in [1.807, 2.05) is 24.3 Å². The van der Waals surface area contributed by atoms with Crippen molar-refractivity contribution in [3.63, 3.8) is 0 Å². The third-order valence-corrected chi connectivity index (χ3v) is 2.95. The molecule has 1 atom stereocenters. The van der Waals surface area contributed by atoms with Crippen LogP contribution < -0.4 is 11.5 Å². The molecule has 0 aromatic heterocycles. The number of halogens is 1. The molecule has 18 heavy (non-hydrogen) atoms. The van der Waals surface area contributed by atoms with Crippen molar-refractivity contribution in [2.24, 2.45) is 15.7 Å². The Hall–Kier alpha value is -1.91. The Balaban J connectivity index is 2.04. The second-order valence-corrected chi connectivity index (χ2v) is 4.90. The van der Waals surface area contributed by atoms with Crippen LogP contribution in [0.15, 0.2) is 58.2 Å². The molecule has 4 nitrogen and oxygen atoms in total. The van der Waals surface area contributed by atoms with Gasteiger partial charge in [-0.05, 0) is 30.4 Å². The molecule has 0 bridgehead atoms. The maximum Gasteiger partial charge on any atom is 0.160 e. The minimum Gasteiger partial charge on any atom is -0.399 e. The van der Waals surface area contributed by atoms with Gasteiger partial charge in [-0.2, -0.15) is 0 Å². The SMILES string of the molecule is Nc1cccc(C2=NC3=CC(N)(Cl)C=CC3=N2)c1. The molecule has 5 heteroatoms. The fourth-order valence-corrected chi connectivity index (χ4v) is 2.03. The molecule has 90 valence electrons. The van der Waals surface area contributed by atoms with E-state index in [1.165, 1.54) is 0 Å². The van der Waals surface area contributed by atoms with Crippen LogP contribution in [0.3, 0.4) is 0 Å². The number of allylic oxidation sites excluding steroid dienone is 1. The Labute approximate surface area is 109 Å². The highest BCUT2D eigenvalue weighted by Crippen LogP contribution is 2.26. The minimum atomic E-state index is -0.983. The molecular weight excluding hydrogens is 248 g/mol. The molecule has 1 aliphatic carbocycles. The normalized spacial score (nSPS) is 25.3. The van der Waals surface area contributed by atoms with Gasteiger partial charge in [0.1, 0.15) is 5.00 Å². The van der Waals surface area contributed by atoms with Crippen LogP contribution in [0.25, 0.3) is 0 Å². The van der Waals surface area contributed by atoms with Crippen LogP contribution in [0.4, 0.5) is 5.69 Å². The van der Waals surface area contributed by atoms with Crippen LogP contribution >= 0.6 is 11.6 Å². The van der Waals surface area contributed by atoms with E-state index >= 15 is 0 Å². The van der Waals surface area contributed by atoms with Gasteiger partial charge in [0.25, 0.3) is 0 Å². The van der Waals surface area contributed by atoms with Gasteiger partial charge in [0.05, 0.1) is 11.4 Å². The summed E-state index contributed by atoms with van der Waals surface area (Å²) in [5.41, 5.74) is 14.6. The molecule has 1 aromatic rings. The minimum absolute atomic E-state index is 0.627. The first kappa shape index (κ1) is 11.2. The van der Waals surface area contributed by atoms with E-state index in [4.69, 9.17) is 23.1 Å². The molecule has 2 aliphatic rings. The second-order valence-electron chi connectivity index (χ2n) is 4.25. The van der Waals surface area contributed by atoms with Crippen molar-refractivity contribution in [1.82, 2.24) is 0 Å². The standard InChI is InChI=1S/C13H11ClN4/c14-13(16)5-4-10-11(7-13)18-12(17-10)8-2-1-3-9(15)6-8/h1-7H,15-16H2. The van der Waals surface area contributed by atoms with Crippen molar-refractivity contribution in [3.8, 4) is 0 Å². The van der Waals surface area contributed by atoms with Gasteiger partial charge >= 0.3 is 0 Å². The number of hydrogen-bond donors (Lipinski definition) is 2. The summed E-state index contributed by atoms with van der Waals surface area (Å²) < 4.78 is 0. The second kappa shape index (κ2) is 3.80. The summed E-state index contributed by atoms with van der Waals surface area (Å²) in [5, 5.41) is 0. The first-order chi connectivity index (χ1) is 8.53. The fraction of sp³-hybridized carbons (Fsp3) is 0.0769. The third-order valence-electron chi connectivity index (χ3n) is 2.71. The van der Waals surface area contributed by atoms with Crippen molar-refractivity contribution in [1.29, 1.82) is 0 Å². The average Bonchev–Trinajstić information content (AvgIpc) is 2.70. The van der Waals surface area contributed by atoms with Gasteiger partial charge in [-0.3, -0.25) is 0 Å². The maximum absolute atomic E-state index is 6.03. The number of anilines is 1. The molecule has 1 aliphatic heterocycles. The zero-order chi connectivity index (χ0) is 12.8. The van der Waals surface area contributed by atoms with Crippen LogP contribution in [0.5, 0.6) is 0 Å². The zero-order valence-corrected chi connectivity index (χ0v) is 10.2. The first-order valence-corrected chi connectivity index (χ1v) is 5.85. The number of rotatable bonds is 1. The lowest BCUT2D eigenvalue weighted by Gasteiger charge is -2.16. The van der Waals surface area contributed by atoms with Gasteiger partial charge in [-0.1, -0.05) is 23.7 Å². The molecule has 0 saturated carbocycles. The predicted molar refractivity (Wildman–Crippen MR) is 74.8 cm³/mol. The molecule has 0 saturated heterocycles. The first-order valence-electron chi connectivity index (χ1n) is 5.47. The number of amidine groups is 1. The Kier molecular flexibility index (Phi) is 2.36. The molecule has 1 unspecified atom stereocenters. The number of alkyl halides is 1. The fourth-order valence-electron chi connectivity index (χ4n) is 1.87. The van der Waals surface area contributed by atoms with E-state index in [0.717, 1.165) is 11.3 Å². The van der Waals surface area contributed by atoms with Gasteiger partial charge in [-0.25, -0.2) is 9.98 Å². The number of fused-ring (bicyclic) bond motifs is 1. The van der Waals surface area contributed by atoms with Crippen molar-refractivity contribution < 1.29 is 0 Å². The summed E-state index contributed by atoms with van der Waals surface area (Å²) >= 11 is 6.03. The van der Waals surface area contributed by atoms with Crippen LogP contribution in [0.1, 0.15) is 5.56 Å².